The molecule has 102 valence electrons. The van der Waals surface area contributed by atoms with Crippen molar-refractivity contribution in [3.63, 3.8) is 0 Å². The smallest absolute Gasteiger partial charge is 0.233 e. The Balaban J connectivity index is 1.77. The van der Waals surface area contributed by atoms with E-state index in [1.807, 2.05) is 14.1 Å². The van der Waals surface area contributed by atoms with Crippen LogP contribution in [0.15, 0.2) is 24.3 Å². The molecule has 0 radical (unpaired) electrons. The lowest BCUT2D eigenvalue weighted by atomic mass is 10.1. The number of carbonyl (C=O) groups is 1. The zero-order chi connectivity index (χ0) is 13.4. The fourth-order valence-corrected chi connectivity index (χ4v) is 3.64. The minimum Gasteiger partial charge on any atom is -0.378 e. The summed E-state index contributed by atoms with van der Waals surface area (Å²) in [5.74, 6) is 1.69. The third kappa shape index (κ3) is 2.73. The molecular weight excluding hydrogens is 256 g/mol. The molecule has 0 aromatic heterocycles. The number of hydrogen-bond donors (Lipinski definition) is 0. The number of amides is 1. The summed E-state index contributed by atoms with van der Waals surface area (Å²) in [6, 6.07) is 8.58. The minimum atomic E-state index is 0.226. The molecule has 0 bridgehead atoms. The largest absolute Gasteiger partial charge is 0.378 e. The van der Waals surface area contributed by atoms with E-state index in [2.05, 4.69) is 34.1 Å². The normalized spacial score (nSPS) is 22.9. The second kappa shape index (κ2) is 5.08. The van der Waals surface area contributed by atoms with Crippen LogP contribution >= 0.6 is 11.8 Å². The molecule has 1 aromatic carbocycles. The zero-order valence-electron chi connectivity index (χ0n) is 11.5. The summed E-state index contributed by atoms with van der Waals surface area (Å²) < 4.78 is 0. The van der Waals surface area contributed by atoms with Crippen molar-refractivity contribution in [1.29, 1.82) is 0 Å². The highest BCUT2D eigenvalue weighted by atomic mass is 32.2. The highest BCUT2D eigenvalue weighted by molar-refractivity contribution is 8.00. The second-order valence-electron chi connectivity index (χ2n) is 5.64. The van der Waals surface area contributed by atoms with E-state index in [-0.39, 0.29) is 5.37 Å². The number of nitrogens with zero attached hydrogens (tertiary/aromatic N) is 2. The van der Waals surface area contributed by atoms with Crippen molar-refractivity contribution in [2.45, 2.75) is 18.2 Å². The molecule has 4 heteroatoms. The molecule has 3 nitrogen and oxygen atoms in total. The molecule has 3 rings (SSSR count). The quantitative estimate of drug-likeness (QED) is 0.845. The van der Waals surface area contributed by atoms with Gasteiger partial charge in [0.15, 0.2) is 0 Å². The van der Waals surface area contributed by atoms with Crippen LogP contribution in [0, 0.1) is 5.92 Å². The molecule has 1 aliphatic carbocycles. The predicted molar refractivity (Wildman–Crippen MR) is 80.4 cm³/mol. The van der Waals surface area contributed by atoms with E-state index in [0.717, 1.165) is 12.5 Å². The molecule has 0 N–H and O–H groups in total. The highest BCUT2D eigenvalue weighted by Crippen LogP contribution is 2.42. The molecule has 19 heavy (non-hydrogen) atoms. The second-order valence-corrected chi connectivity index (χ2v) is 6.71. The maximum absolute atomic E-state index is 12.0. The van der Waals surface area contributed by atoms with Gasteiger partial charge < -0.3 is 9.80 Å². The summed E-state index contributed by atoms with van der Waals surface area (Å²) in [5.41, 5.74) is 2.45. The van der Waals surface area contributed by atoms with Crippen LogP contribution in [0.25, 0.3) is 0 Å². The fraction of sp³-hybridized carbons (Fsp3) is 0.533. The first kappa shape index (κ1) is 12.9. The Kier molecular flexibility index (Phi) is 3.44. The van der Waals surface area contributed by atoms with Gasteiger partial charge in [-0.15, -0.1) is 11.8 Å². The summed E-state index contributed by atoms with van der Waals surface area (Å²) in [5, 5.41) is 0.226. The zero-order valence-corrected chi connectivity index (χ0v) is 12.3. The summed E-state index contributed by atoms with van der Waals surface area (Å²) >= 11 is 1.76. The van der Waals surface area contributed by atoms with Crippen molar-refractivity contribution < 1.29 is 4.79 Å². The summed E-state index contributed by atoms with van der Waals surface area (Å²) in [4.78, 5) is 16.2. The average molecular weight is 276 g/mol. The Morgan fingerprint density at radius 3 is 2.53 bits per heavy atom. The molecule has 1 atom stereocenters. The third-order valence-electron chi connectivity index (χ3n) is 3.81. The Bertz CT molecular complexity index is 468. The molecule has 1 heterocycles. The van der Waals surface area contributed by atoms with Crippen molar-refractivity contribution >= 4 is 23.4 Å². The lowest BCUT2D eigenvalue weighted by Gasteiger charge is -2.24. The van der Waals surface area contributed by atoms with Crippen molar-refractivity contribution in [2.75, 3.05) is 31.3 Å². The fourth-order valence-electron chi connectivity index (χ4n) is 2.44. The van der Waals surface area contributed by atoms with Crippen LogP contribution in [0.2, 0.25) is 0 Å². The summed E-state index contributed by atoms with van der Waals surface area (Å²) in [6.07, 6.45) is 2.58. The van der Waals surface area contributed by atoms with Crippen LogP contribution in [0.4, 0.5) is 5.69 Å². The molecule has 1 saturated heterocycles. The van der Waals surface area contributed by atoms with Crippen molar-refractivity contribution in [2.24, 2.45) is 5.92 Å². The first-order valence-electron chi connectivity index (χ1n) is 6.83. The van der Waals surface area contributed by atoms with E-state index < -0.39 is 0 Å². The first-order chi connectivity index (χ1) is 9.15. The van der Waals surface area contributed by atoms with Crippen LogP contribution in [0.5, 0.6) is 0 Å². The molecule has 1 saturated carbocycles. The lowest BCUT2D eigenvalue weighted by Crippen LogP contribution is -2.30. The average Bonchev–Trinajstić information content (AvgIpc) is 3.15. The van der Waals surface area contributed by atoms with Gasteiger partial charge in [0.25, 0.3) is 0 Å². The minimum absolute atomic E-state index is 0.226. The van der Waals surface area contributed by atoms with Gasteiger partial charge in [0.05, 0.1) is 5.75 Å². The van der Waals surface area contributed by atoms with Crippen LogP contribution in [0.3, 0.4) is 0 Å². The van der Waals surface area contributed by atoms with Crippen LogP contribution in [-0.4, -0.2) is 37.2 Å². The van der Waals surface area contributed by atoms with Crippen LogP contribution in [-0.2, 0) is 4.79 Å². The van der Waals surface area contributed by atoms with Gasteiger partial charge in [0.2, 0.25) is 5.91 Å². The van der Waals surface area contributed by atoms with E-state index in [0.29, 0.717) is 11.7 Å². The maximum atomic E-state index is 12.0. The van der Waals surface area contributed by atoms with Gasteiger partial charge in [-0.3, -0.25) is 4.79 Å². The Labute approximate surface area is 119 Å². The van der Waals surface area contributed by atoms with Gasteiger partial charge >= 0.3 is 0 Å². The lowest BCUT2D eigenvalue weighted by molar-refractivity contribution is -0.128. The summed E-state index contributed by atoms with van der Waals surface area (Å²) in [7, 11) is 4.09. The Morgan fingerprint density at radius 2 is 1.95 bits per heavy atom. The van der Waals surface area contributed by atoms with E-state index in [1.54, 1.807) is 11.8 Å². The monoisotopic (exact) mass is 276 g/mol. The summed E-state index contributed by atoms with van der Waals surface area (Å²) in [6.45, 7) is 0.950. The Hall–Kier alpha value is -1.16. The van der Waals surface area contributed by atoms with Gasteiger partial charge in [0, 0.05) is 26.3 Å². The van der Waals surface area contributed by atoms with Crippen molar-refractivity contribution in [3.8, 4) is 0 Å². The predicted octanol–water partition coefficient (Wildman–Crippen LogP) is 2.74. The standard InChI is InChI=1S/C15H20N2OS/c1-16(2)13-7-5-12(6-8-13)15-17(9-11-3-4-11)14(18)10-19-15/h5-8,11,15H,3-4,9-10H2,1-2H3. The van der Waals surface area contributed by atoms with Gasteiger partial charge in [-0.2, -0.15) is 0 Å². The van der Waals surface area contributed by atoms with Crippen LogP contribution < -0.4 is 4.90 Å². The molecule has 0 spiro atoms. The van der Waals surface area contributed by atoms with E-state index >= 15 is 0 Å². The number of thioether (sulfide) groups is 1. The highest BCUT2D eigenvalue weighted by Gasteiger charge is 2.36. The van der Waals surface area contributed by atoms with Gasteiger partial charge in [-0.25, -0.2) is 0 Å². The van der Waals surface area contributed by atoms with E-state index in [4.69, 9.17) is 0 Å². The van der Waals surface area contributed by atoms with Crippen LogP contribution in [0.1, 0.15) is 23.8 Å². The molecule has 1 amide bonds. The third-order valence-corrected chi connectivity index (χ3v) is 5.07. The number of hydrogen-bond acceptors (Lipinski definition) is 3. The molecule has 1 aromatic rings. The molecular formula is C15H20N2OS. The maximum Gasteiger partial charge on any atom is 0.233 e. The number of anilines is 1. The van der Waals surface area contributed by atoms with E-state index in [1.165, 1.54) is 24.1 Å². The number of benzene rings is 1. The van der Waals surface area contributed by atoms with Crippen molar-refractivity contribution in [3.05, 3.63) is 29.8 Å². The first-order valence-corrected chi connectivity index (χ1v) is 7.88. The topological polar surface area (TPSA) is 23.6 Å². The SMILES string of the molecule is CN(C)c1ccc(C2SCC(=O)N2CC2CC2)cc1. The van der Waals surface area contributed by atoms with Gasteiger partial charge in [-0.05, 0) is 36.5 Å². The van der Waals surface area contributed by atoms with Gasteiger partial charge in [-0.1, -0.05) is 12.1 Å². The number of carbonyl (C=O) groups excluding carboxylic acids is 1. The van der Waals surface area contributed by atoms with Gasteiger partial charge in [0.1, 0.15) is 5.37 Å². The molecule has 2 fully saturated rings. The molecule has 1 unspecified atom stereocenters. The molecule has 2 aliphatic rings. The van der Waals surface area contributed by atoms with E-state index in [9.17, 15) is 4.79 Å². The molecule has 1 aliphatic heterocycles. The Morgan fingerprint density at radius 1 is 1.26 bits per heavy atom. The number of rotatable bonds is 4. The van der Waals surface area contributed by atoms with Crippen molar-refractivity contribution in [1.82, 2.24) is 4.90 Å².